The zero-order chi connectivity index (χ0) is 13.4. The van der Waals surface area contributed by atoms with Crippen molar-refractivity contribution < 1.29 is 4.79 Å². The molecule has 0 spiro atoms. The first kappa shape index (κ1) is 15.3. The van der Waals surface area contributed by atoms with Crippen LogP contribution in [0.1, 0.15) is 13.8 Å². The Hall–Kier alpha value is -0.710. The predicted molar refractivity (Wildman–Crippen MR) is 78.0 cm³/mol. The number of nitrogens with zero attached hydrogens (tertiary/aromatic N) is 2. The van der Waals surface area contributed by atoms with Crippen molar-refractivity contribution in [1.82, 2.24) is 15.5 Å². The van der Waals surface area contributed by atoms with E-state index in [0.29, 0.717) is 11.7 Å². The van der Waals surface area contributed by atoms with Crippen LogP contribution in [0.15, 0.2) is 8.68 Å². The summed E-state index contributed by atoms with van der Waals surface area (Å²) < 4.78 is 1.77. The Morgan fingerprint density at radius 2 is 2.11 bits per heavy atom. The fourth-order valence-corrected chi connectivity index (χ4v) is 3.71. The highest BCUT2D eigenvalue weighted by atomic mass is 32.2. The fraction of sp³-hybridized carbons (Fsp3) is 0.545. The van der Waals surface area contributed by atoms with Crippen LogP contribution < -0.4 is 5.32 Å². The average Bonchev–Trinajstić information content (AvgIpc) is 2.79. The van der Waals surface area contributed by atoms with E-state index < -0.39 is 0 Å². The SMILES string of the molecule is C#CCNC(=O)CSc1nnc(SCC(C)C)s1. The highest BCUT2D eigenvalue weighted by molar-refractivity contribution is 8.03. The maximum Gasteiger partial charge on any atom is 0.231 e. The third kappa shape index (κ3) is 6.28. The Morgan fingerprint density at radius 3 is 2.72 bits per heavy atom. The molecule has 0 unspecified atom stereocenters. The second kappa shape index (κ2) is 8.40. The number of nitrogens with one attached hydrogen (secondary N) is 1. The van der Waals surface area contributed by atoms with Crippen LogP contribution in [0, 0.1) is 18.3 Å². The Bertz CT molecular complexity index is 425. The Labute approximate surface area is 120 Å². The minimum Gasteiger partial charge on any atom is -0.344 e. The van der Waals surface area contributed by atoms with Crippen LogP contribution >= 0.6 is 34.9 Å². The molecule has 0 radical (unpaired) electrons. The lowest BCUT2D eigenvalue weighted by Gasteiger charge is -1.99. The van der Waals surface area contributed by atoms with E-state index in [0.717, 1.165) is 14.4 Å². The van der Waals surface area contributed by atoms with Crippen LogP contribution in [-0.2, 0) is 4.79 Å². The topological polar surface area (TPSA) is 54.9 Å². The molecule has 0 saturated carbocycles. The highest BCUT2D eigenvalue weighted by Crippen LogP contribution is 2.29. The average molecular weight is 301 g/mol. The van der Waals surface area contributed by atoms with Crippen LogP contribution in [0.3, 0.4) is 0 Å². The molecule has 0 aliphatic heterocycles. The lowest BCUT2D eigenvalue weighted by atomic mass is 10.3. The fourth-order valence-electron chi connectivity index (χ4n) is 0.880. The van der Waals surface area contributed by atoms with Gasteiger partial charge in [0.25, 0.3) is 0 Å². The van der Waals surface area contributed by atoms with Crippen molar-refractivity contribution >= 4 is 40.8 Å². The summed E-state index contributed by atoms with van der Waals surface area (Å²) >= 11 is 4.61. The van der Waals surface area contributed by atoms with Gasteiger partial charge in [0.15, 0.2) is 8.68 Å². The number of amides is 1. The first-order chi connectivity index (χ1) is 8.61. The monoisotopic (exact) mass is 301 g/mol. The second-order valence-electron chi connectivity index (χ2n) is 3.81. The van der Waals surface area contributed by atoms with E-state index in [1.807, 2.05) is 0 Å². The minimum atomic E-state index is -0.0791. The standard InChI is InChI=1S/C11H15N3OS3/c1-4-5-12-9(15)7-17-11-14-13-10(18-11)16-6-8(2)3/h1,8H,5-7H2,2-3H3,(H,12,15). The Morgan fingerprint density at radius 1 is 1.44 bits per heavy atom. The number of rotatable bonds is 7. The molecule has 98 valence electrons. The summed E-state index contributed by atoms with van der Waals surface area (Å²) in [5, 5.41) is 10.7. The summed E-state index contributed by atoms with van der Waals surface area (Å²) in [6.45, 7) is 4.60. The number of carbonyl (C=O) groups is 1. The number of carbonyl (C=O) groups excluding carboxylic acids is 1. The van der Waals surface area contributed by atoms with Crippen LogP contribution in [0.5, 0.6) is 0 Å². The van der Waals surface area contributed by atoms with Gasteiger partial charge < -0.3 is 5.32 Å². The van der Waals surface area contributed by atoms with Crippen LogP contribution in [0.4, 0.5) is 0 Å². The molecule has 4 nitrogen and oxygen atoms in total. The largest absolute Gasteiger partial charge is 0.344 e. The van der Waals surface area contributed by atoms with Crippen molar-refractivity contribution in [2.45, 2.75) is 22.5 Å². The van der Waals surface area contributed by atoms with E-state index in [4.69, 9.17) is 6.42 Å². The third-order valence-electron chi connectivity index (χ3n) is 1.64. The molecule has 1 aromatic heterocycles. The van der Waals surface area contributed by atoms with Gasteiger partial charge in [0.1, 0.15) is 0 Å². The van der Waals surface area contributed by atoms with Gasteiger partial charge in [-0.15, -0.1) is 16.6 Å². The van der Waals surface area contributed by atoms with E-state index in [9.17, 15) is 4.79 Å². The summed E-state index contributed by atoms with van der Waals surface area (Å²) in [7, 11) is 0. The molecule has 0 atom stereocenters. The first-order valence-electron chi connectivity index (χ1n) is 5.41. The van der Waals surface area contributed by atoms with Gasteiger partial charge >= 0.3 is 0 Å². The van der Waals surface area contributed by atoms with E-state index >= 15 is 0 Å². The van der Waals surface area contributed by atoms with Gasteiger partial charge in [0.05, 0.1) is 12.3 Å². The summed E-state index contributed by atoms with van der Waals surface area (Å²) in [5.41, 5.74) is 0. The smallest absolute Gasteiger partial charge is 0.231 e. The molecule has 0 aliphatic carbocycles. The lowest BCUT2D eigenvalue weighted by Crippen LogP contribution is -2.25. The van der Waals surface area contributed by atoms with Crippen molar-refractivity contribution in [1.29, 1.82) is 0 Å². The molecule has 7 heteroatoms. The van der Waals surface area contributed by atoms with E-state index in [1.54, 1.807) is 11.8 Å². The number of hydrogen-bond acceptors (Lipinski definition) is 6. The molecule has 1 heterocycles. The molecular formula is C11H15N3OS3. The van der Waals surface area contributed by atoms with Crippen molar-refractivity contribution in [3.8, 4) is 12.3 Å². The molecule has 0 saturated heterocycles. The number of aromatic nitrogens is 2. The zero-order valence-corrected chi connectivity index (χ0v) is 12.8. The molecule has 0 bridgehead atoms. The van der Waals surface area contributed by atoms with Gasteiger partial charge in [-0.2, -0.15) is 0 Å². The Balaban J connectivity index is 2.31. The zero-order valence-electron chi connectivity index (χ0n) is 10.3. The molecule has 18 heavy (non-hydrogen) atoms. The van der Waals surface area contributed by atoms with Gasteiger partial charge in [-0.05, 0) is 5.92 Å². The van der Waals surface area contributed by atoms with E-state index in [2.05, 4.69) is 35.3 Å². The lowest BCUT2D eigenvalue weighted by molar-refractivity contribution is -0.118. The molecule has 1 aromatic rings. The predicted octanol–water partition coefficient (Wildman–Crippen LogP) is 2.13. The minimum absolute atomic E-state index is 0.0791. The Kier molecular flexibility index (Phi) is 7.16. The van der Waals surface area contributed by atoms with Crippen molar-refractivity contribution in [2.24, 2.45) is 5.92 Å². The van der Waals surface area contributed by atoms with Crippen LogP contribution in [0.2, 0.25) is 0 Å². The molecular weight excluding hydrogens is 286 g/mol. The van der Waals surface area contributed by atoms with Gasteiger partial charge in [-0.3, -0.25) is 4.79 Å². The van der Waals surface area contributed by atoms with E-state index in [-0.39, 0.29) is 12.5 Å². The molecule has 1 N–H and O–H groups in total. The summed E-state index contributed by atoms with van der Waals surface area (Å²) in [4.78, 5) is 11.3. The van der Waals surface area contributed by atoms with Crippen molar-refractivity contribution in [3.05, 3.63) is 0 Å². The first-order valence-corrected chi connectivity index (χ1v) is 8.20. The van der Waals surface area contributed by atoms with Gasteiger partial charge in [-0.1, -0.05) is 54.6 Å². The van der Waals surface area contributed by atoms with Crippen LogP contribution in [-0.4, -0.2) is 34.2 Å². The summed E-state index contributed by atoms with van der Waals surface area (Å²) in [5.74, 6) is 4.26. The van der Waals surface area contributed by atoms with Crippen molar-refractivity contribution in [3.63, 3.8) is 0 Å². The summed E-state index contributed by atoms with van der Waals surface area (Å²) in [6.07, 6.45) is 5.05. The maximum atomic E-state index is 11.3. The maximum absolute atomic E-state index is 11.3. The van der Waals surface area contributed by atoms with Crippen LogP contribution in [0.25, 0.3) is 0 Å². The third-order valence-corrected chi connectivity index (χ3v) is 5.26. The van der Waals surface area contributed by atoms with Gasteiger partial charge in [-0.25, -0.2) is 0 Å². The van der Waals surface area contributed by atoms with Gasteiger partial charge in [0.2, 0.25) is 5.91 Å². The van der Waals surface area contributed by atoms with Crippen molar-refractivity contribution in [2.75, 3.05) is 18.1 Å². The second-order valence-corrected chi connectivity index (χ2v) is 7.28. The number of thioether (sulfide) groups is 2. The van der Waals surface area contributed by atoms with E-state index in [1.165, 1.54) is 23.1 Å². The highest BCUT2D eigenvalue weighted by Gasteiger charge is 2.08. The molecule has 0 aliphatic rings. The van der Waals surface area contributed by atoms with Gasteiger partial charge in [0, 0.05) is 5.75 Å². The molecule has 1 rings (SSSR count). The quantitative estimate of drug-likeness (QED) is 0.617. The number of terminal acetylenes is 1. The molecule has 1 amide bonds. The molecule has 0 fully saturated rings. The summed E-state index contributed by atoms with van der Waals surface area (Å²) in [6, 6.07) is 0. The molecule has 0 aromatic carbocycles. The number of hydrogen-bond donors (Lipinski definition) is 1. The normalized spacial score (nSPS) is 10.3.